The highest BCUT2D eigenvalue weighted by Crippen LogP contribution is 2.60. The molecule has 1 heterocycles. The summed E-state index contributed by atoms with van der Waals surface area (Å²) in [5, 5.41) is 9.43. The first-order chi connectivity index (χ1) is 15.6. The van der Waals surface area contributed by atoms with Crippen LogP contribution in [0.5, 0.6) is 0 Å². The van der Waals surface area contributed by atoms with Gasteiger partial charge in [-0.1, -0.05) is 13.3 Å². The van der Waals surface area contributed by atoms with Crippen LogP contribution in [0.25, 0.3) is 0 Å². The number of halogens is 13. The first kappa shape index (κ1) is 29.0. The predicted molar refractivity (Wildman–Crippen MR) is 94.3 cm³/mol. The lowest BCUT2D eigenvalue weighted by Gasteiger charge is -2.39. The summed E-state index contributed by atoms with van der Waals surface area (Å²) in [5.74, 6) is -42.1. The van der Waals surface area contributed by atoms with Crippen molar-refractivity contribution in [2.24, 2.45) is 5.92 Å². The summed E-state index contributed by atoms with van der Waals surface area (Å²) in [4.78, 5) is 12.1. The number of carbonyl (C=O) groups is 1. The Balaban J connectivity index is 2.46. The number of thiophene rings is 1. The molecule has 1 aliphatic carbocycles. The smallest absolute Gasteiger partial charge is 0.311 e. The van der Waals surface area contributed by atoms with Crippen LogP contribution in [0.4, 0.5) is 62.1 Å². The second kappa shape index (κ2) is 8.70. The summed E-state index contributed by atoms with van der Waals surface area (Å²) >= 11 is 0.444. The lowest BCUT2D eigenvalue weighted by atomic mass is 9.86. The van der Waals surface area contributed by atoms with E-state index < -0.39 is 52.3 Å². The average molecular weight is 552 g/mol. The number of fused-ring (bicyclic) bond motifs is 1. The Morgan fingerprint density at radius 1 is 0.943 bits per heavy atom. The van der Waals surface area contributed by atoms with Gasteiger partial charge in [0.05, 0.1) is 5.56 Å². The standard InChI is InChI=1S/C18H13F13N2OS/c1-2-7-3-4-8-9(6-32)11(35-10(8)5-7)33-12(34)13(19,20)14(21,22)15(23,24)16(25,26)17(27,28)18(29,30)31/h7H,2-5H2,1H3,(H,33,34). The van der Waals surface area contributed by atoms with Crippen LogP contribution < -0.4 is 5.32 Å². The van der Waals surface area contributed by atoms with Crippen molar-refractivity contribution in [1.82, 2.24) is 0 Å². The Morgan fingerprint density at radius 2 is 1.46 bits per heavy atom. The van der Waals surface area contributed by atoms with Crippen LogP contribution in [0.2, 0.25) is 0 Å². The molecule has 2 rings (SSSR count). The zero-order chi connectivity index (χ0) is 27.4. The van der Waals surface area contributed by atoms with E-state index in [9.17, 15) is 67.1 Å². The number of amides is 1. The molecule has 0 bridgehead atoms. The van der Waals surface area contributed by atoms with Crippen molar-refractivity contribution in [1.29, 1.82) is 5.26 Å². The van der Waals surface area contributed by atoms with E-state index in [1.165, 1.54) is 6.07 Å². The molecule has 17 heteroatoms. The minimum atomic E-state index is -8.10. The Labute approximate surface area is 191 Å². The molecule has 0 spiro atoms. The molecule has 1 amide bonds. The number of anilines is 1. The van der Waals surface area contributed by atoms with Gasteiger partial charge in [0, 0.05) is 4.88 Å². The van der Waals surface area contributed by atoms with E-state index in [2.05, 4.69) is 0 Å². The number of nitrogens with zero attached hydrogens (tertiary/aromatic N) is 1. The maximum absolute atomic E-state index is 14.0. The van der Waals surface area contributed by atoms with Crippen molar-refractivity contribution in [3.63, 3.8) is 0 Å². The molecule has 1 aliphatic rings. The quantitative estimate of drug-likeness (QED) is 0.378. The summed E-state index contributed by atoms with van der Waals surface area (Å²) in [6.07, 6.45) is -5.89. The van der Waals surface area contributed by atoms with Crippen LogP contribution in [-0.4, -0.2) is 41.7 Å². The molecule has 3 nitrogen and oxygen atoms in total. The van der Waals surface area contributed by atoms with Crippen LogP contribution >= 0.6 is 11.3 Å². The summed E-state index contributed by atoms with van der Waals surface area (Å²) in [6, 6.07) is 1.49. The third-order valence-corrected chi connectivity index (χ3v) is 6.67. The molecule has 1 unspecified atom stereocenters. The van der Waals surface area contributed by atoms with Crippen molar-refractivity contribution in [3.05, 3.63) is 16.0 Å². The topological polar surface area (TPSA) is 52.9 Å². The molecule has 198 valence electrons. The zero-order valence-corrected chi connectivity index (χ0v) is 17.9. The molecule has 0 saturated heterocycles. The molecule has 0 saturated carbocycles. The molecule has 0 fully saturated rings. The monoisotopic (exact) mass is 552 g/mol. The van der Waals surface area contributed by atoms with Gasteiger partial charge in [-0.05, 0) is 30.7 Å². The summed E-state index contributed by atoms with van der Waals surface area (Å²) in [7, 11) is 0. The van der Waals surface area contributed by atoms with Crippen molar-refractivity contribution in [3.8, 4) is 6.07 Å². The van der Waals surface area contributed by atoms with Crippen LogP contribution in [0.3, 0.4) is 0 Å². The Hall–Kier alpha value is -2.25. The Bertz CT molecular complexity index is 1020. The molecule has 35 heavy (non-hydrogen) atoms. The number of hydrogen-bond acceptors (Lipinski definition) is 3. The third-order valence-electron chi connectivity index (χ3n) is 5.50. The van der Waals surface area contributed by atoms with Gasteiger partial charge in [-0.25, -0.2) is 0 Å². The lowest BCUT2D eigenvalue weighted by molar-refractivity contribution is -0.435. The van der Waals surface area contributed by atoms with Gasteiger partial charge in [0.25, 0.3) is 0 Å². The highest BCUT2D eigenvalue weighted by atomic mass is 32.1. The zero-order valence-electron chi connectivity index (χ0n) is 17.1. The fraction of sp³-hybridized carbons (Fsp3) is 0.667. The Kier molecular flexibility index (Phi) is 7.20. The number of alkyl halides is 13. The minimum absolute atomic E-state index is 0.0678. The van der Waals surface area contributed by atoms with Crippen LogP contribution in [0, 0.1) is 17.2 Å². The number of rotatable bonds is 7. The van der Waals surface area contributed by atoms with Crippen LogP contribution in [0.15, 0.2) is 0 Å². The number of nitriles is 1. The fourth-order valence-corrected chi connectivity index (χ4v) is 4.61. The maximum Gasteiger partial charge on any atom is 0.460 e. The molecule has 0 aliphatic heterocycles. The normalized spacial score (nSPS) is 18.1. The van der Waals surface area contributed by atoms with Gasteiger partial charge in [-0.15, -0.1) is 11.3 Å². The van der Waals surface area contributed by atoms with Gasteiger partial charge in [0.2, 0.25) is 0 Å². The van der Waals surface area contributed by atoms with Gasteiger partial charge < -0.3 is 5.32 Å². The van der Waals surface area contributed by atoms with Gasteiger partial charge in [0.1, 0.15) is 11.1 Å². The van der Waals surface area contributed by atoms with E-state index in [4.69, 9.17) is 0 Å². The maximum atomic E-state index is 14.0. The van der Waals surface area contributed by atoms with Crippen LogP contribution in [-0.2, 0) is 17.6 Å². The molecule has 1 atom stereocenters. The number of nitrogens with one attached hydrogen (secondary N) is 1. The predicted octanol–water partition coefficient (Wildman–Crippen LogP) is 6.81. The minimum Gasteiger partial charge on any atom is -0.311 e. The fourth-order valence-electron chi connectivity index (χ4n) is 3.30. The van der Waals surface area contributed by atoms with Crippen LogP contribution in [0.1, 0.15) is 35.8 Å². The molecule has 0 aromatic carbocycles. The third kappa shape index (κ3) is 4.20. The van der Waals surface area contributed by atoms with Gasteiger partial charge >= 0.3 is 41.7 Å². The molecule has 0 radical (unpaired) electrons. The summed E-state index contributed by atoms with van der Waals surface area (Å²) < 4.78 is 172. The number of carbonyl (C=O) groups excluding carboxylic acids is 1. The average Bonchev–Trinajstić information content (AvgIpc) is 3.07. The van der Waals surface area contributed by atoms with E-state index in [1.54, 1.807) is 6.92 Å². The van der Waals surface area contributed by atoms with E-state index in [-0.39, 0.29) is 24.3 Å². The van der Waals surface area contributed by atoms with Gasteiger partial charge in [0.15, 0.2) is 0 Å². The first-order valence-electron chi connectivity index (χ1n) is 9.43. The lowest BCUT2D eigenvalue weighted by Crippen LogP contribution is -2.71. The van der Waals surface area contributed by atoms with Crippen molar-refractivity contribution >= 4 is 22.2 Å². The van der Waals surface area contributed by atoms with Crippen molar-refractivity contribution in [2.45, 2.75) is 68.4 Å². The van der Waals surface area contributed by atoms with Gasteiger partial charge in [-0.3, -0.25) is 4.79 Å². The first-order valence-corrected chi connectivity index (χ1v) is 10.2. The van der Waals surface area contributed by atoms with Crippen molar-refractivity contribution < 1.29 is 61.9 Å². The molecular formula is C18H13F13N2OS. The Morgan fingerprint density at radius 3 is 1.91 bits per heavy atom. The molecule has 1 aromatic rings. The summed E-state index contributed by atoms with van der Waals surface area (Å²) in [5.41, 5.74) is -0.248. The van der Waals surface area contributed by atoms with E-state index in [1.807, 2.05) is 0 Å². The SMILES string of the molecule is CCC1CCc2c(sc(NC(=O)C(F)(F)C(F)(F)C(F)(F)C(F)(F)C(F)(F)C(F)(F)F)c2C#N)C1. The van der Waals surface area contributed by atoms with E-state index in [0.29, 0.717) is 29.1 Å². The molecular weight excluding hydrogens is 539 g/mol. The molecule has 1 aromatic heterocycles. The number of hydrogen-bond donors (Lipinski definition) is 1. The summed E-state index contributed by atoms with van der Waals surface area (Å²) in [6.45, 7) is 1.80. The second-order valence-electron chi connectivity index (χ2n) is 7.66. The van der Waals surface area contributed by atoms with E-state index >= 15 is 0 Å². The van der Waals surface area contributed by atoms with Crippen molar-refractivity contribution in [2.75, 3.05) is 5.32 Å². The second-order valence-corrected chi connectivity index (χ2v) is 8.77. The molecule has 1 N–H and O–H groups in total. The van der Waals surface area contributed by atoms with Gasteiger partial charge in [-0.2, -0.15) is 62.3 Å². The highest BCUT2D eigenvalue weighted by molar-refractivity contribution is 7.16. The largest absolute Gasteiger partial charge is 0.460 e. The highest BCUT2D eigenvalue weighted by Gasteiger charge is 2.91. The van der Waals surface area contributed by atoms with E-state index in [0.717, 1.165) is 5.32 Å².